The monoisotopic (exact) mass is 648 g/mol. The SMILES string of the molecule is CO[C@H]1O[C@H](COS(=O)(=O)c2ccc(C)cc2)[C@@H](OC(C)=O)[C@H](OC(=O)c2ccccc2)[C@H]1OS(=O)(=O)c1ccc(C)cc1. The standard InChI is InChI=1S/C30H32O12S2/c1-19-10-14-23(15-11-19)43(33,34)38-18-25-26(39-21(3)31)27(41-29(32)22-8-6-5-7-9-22)28(30(37-4)40-25)42-44(35,36)24-16-12-20(2)13-17-24/h5-17,25-28,30H,18H2,1-4H3/t25-,26-,27+,28-,30+/m1/s1. The summed E-state index contributed by atoms with van der Waals surface area (Å²) in [6, 6.07) is 19.5. The molecule has 0 N–H and O–H groups in total. The Morgan fingerprint density at radius 2 is 1.27 bits per heavy atom. The van der Waals surface area contributed by atoms with Gasteiger partial charge in [-0.15, -0.1) is 0 Å². The molecule has 1 aliphatic rings. The lowest BCUT2D eigenvalue weighted by atomic mass is 9.98. The highest BCUT2D eigenvalue weighted by atomic mass is 32.2. The zero-order valence-electron chi connectivity index (χ0n) is 24.3. The molecule has 12 nitrogen and oxygen atoms in total. The maximum absolute atomic E-state index is 13.3. The summed E-state index contributed by atoms with van der Waals surface area (Å²) in [6.07, 6.45) is -7.92. The van der Waals surface area contributed by atoms with Gasteiger partial charge in [0.1, 0.15) is 6.10 Å². The fourth-order valence-corrected chi connectivity index (χ4v) is 6.37. The number of hydrogen-bond acceptors (Lipinski definition) is 12. The van der Waals surface area contributed by atoms with Crippen LogP contribution >= 0.6 is 0 Å². The number of carbonyl (C=O) groups is 2. The smallest absolute Gasteiger partial charge is 0.338 e. The van der Waals surface area contributed by atoms with E-state index in [9.17, 15) is 26.4 Å². The summed E-state index contributed by atoms with van der Waals surface area (Å²) >= 11 is 0. The van der Waals surface area contributed by atoms with Crippen LogP contribution in [-0.4, -0.2) is 73.2 Å². The van der Waals surface area contributed by atoms with Crippen LogP contribution in [0.2, 0.25) is 0 Å². The summed E-state index contributed by atoms with van der Waals surface area (Å²) in [5.41, 5.74) is 1.73. The minimum atomic E-state index is -4.52. The molecule has 3 aromatic carbocycles. The zero-order valence-corrected chi connectivity index (χ0v) is 25.9. The van der Waals surface area contributed by atoms with Crippen molar-refractivity contribution in [2.75, 3.05) is 13.7 Å². The molecule has 0 radical (unpaired) electrons. The molecular weight excluding hydrogens is 616 g/mol. The van der Waals surface area contributed by atoms with Crippen LogP contribution in [0.3, 0.4) is 0 Å². The molecule has 1 fully saturated rings. The average molecular weight is 649 g/mol. The fourth-order valence-electron chi connectivity index (χ4n) is 4.38. The van der Waals surface area contributed by atoms with Gasteiger partial charge in [0.2, 0.25) is 0 Å². The van der Waals surface area contributed by atoms with E-state index in [4.69, 9.17) is 27.3 Å². The van der Waals surface area contributed by atoms with Gasteiger partial charge in [0.05, 0.1) is 22.0 Å². The van der Waals surface area contributed by atoms with Crippen molar-refractivity contribution in [2.24, 2.45) is 0 Å². The minimum absolute atomic E-state index is 0.101. The number of rotatable bonds is 11. The Bertz CT molecular complexity index is 1660. The lowest BCUT2D eigenvalue weighted by Crippen LogP contribution is -2.62. The van der Waals surface area contributed by atoms with Crippen LogP contribution in [0.5, 0.6) is 0 Å². The second-order valence-electron chi connectivity index (χ2n) is 9.97. The summed E-state index contributed by atoms with van der Waals surface area (Å²) in [5, 5.41) is 0. The zero-order chi connectivity index (χ0) is 32.1. The van der Waals surface area contributed by atoms with E-state index in [1.165, 1.54) is 43.5 Å². The second-order valence-corrected chi connectivity index (χ2v) is 13.2. The molecule has 1 saturated heterocycles. The maximum Gasteiger partial charge on any atom is 0.338 e. The summed E-state index contributed by atoms with van der Waals surface area (Å²) in [6.45, 7) is 3.91. The Morgan fingerprint density at radius 1 is 0.727 bits per heavy atom. The lowest BCUT2D eigenvalue weighted by Gasteiger charge is -2.43. The molecule has 1 aliphatic heterocycles. The molecule has 14 heteroatoms. The van der Waals surface area contributed by atoms with Crippen LogP contribution in [0.1, 0.15) is 28.4 Å². The van der Waals surface area contributed by atoms with Crippen molar-refractivity contribution < 1.29 is 53.7 Å². The highest BCUT2D eigenvalue weighted by Gasteiger charge is 2.53. The summed E-state index contributed by atoms with van der Waals surface area (Å²) in [5.74, 6) is -1.76. The number of methoxy groups -OCH3 is 1. The number of hydrogen-bond donors (Lipinski definition) is 0. The van der Waals surface area contributed by atoms with Gasteiger partial charge in [-0.3, -0.25) is 13.2 Å². The van der Waals surface area contributed by atoms with E-state index in [1.807, 2.05) is 0 Å². The van der Waals surface area contributed by atoms with Crippen molar-refractivity contribution >= 4 is 32.2 Å². The highest BCUT2D eigenvalue weighted by Crippen LogP contribution is 2.32. The molecule has 0 bridgehead atoms. The van der Waals surface area contributed by atoms with Crippen molar-refractivity contribution in [3.05, 3.63) is 95.6 Å². The molecule has 5 atom stereocenters. The van der Waals surface area contributed by atoms with Crippen LogP contribution in [0, 0.1) is 13.8 Å². The molecule has 0 saturated carbocycles. The maximum atomic E-state index is 13.3. The van der Waals surface area contributed by atoms with Crippen LogP contribution in [-0.2, 0) is 52.3 Å². The van der Waals surface area contributed by atoms with Gasteiger partial charge in [0, 0.05) is 14.0 Å². The fraction of sp³-hybridized carbons (Fsp3) is 0.333. The number of benzene rings is 3. The van der Waals surface area contributed by atoms with Crippen molar-refractivity contribution in [3.63, 3.8) is 0 Å². The van der Waals surface area contributed by atoms with E-state index >= 15 is 0 Å². The first-order valence-corrected chi connectivity index (χ1v) is 16.2. The molecule has 0 spiro atoms. The first kappa shape index (κ1) is 33.2. The Kier molecular flexibility index (Phi) is 10.6. The molecule has 44 heavy (non-hydrogen) atoms. The van der Waals surface area contributed by atoms with Gasteiger partial charge in [-0.25, -0.2) is 4.79 Å². The Morgan fingerprint density at radius 3 is 1.80 bits per heavy atom. The second kappa shape index (κ2) is 14.0. The molecule has 0 amide bonds. The van der Waals surface area contributed by atoms with E-state index in [0.29, 0.717) is 0 Å². The van der Waals surface area contributed by atoms with E-state index in [2.05, 4.69) is 0 Å². The van der Waals surface area contributed by atoms with Crippen LogP contribution in [0.4, 0.5) is 0 Å². The Hall–Kier alpha value is -3.66. The summed E-state index contributed by atoms with van der Waals surface area (Å²) in [7, 11) is -7.65. The summed E-state index contributed by atoms with van der Waals surface area (Å²) < 4.78 is 85.8. The normalized spacial score (nSPS) is 22.2. The number of ether oxygens (including phenoxy) is 4. The van der Waals surface area contributed by atoms with Gasteiger partial charge in [0.25, 0.3) is 20.2 Å². The van der Waals surface area contributed by atoms with Crippen molar-refractivity contribution in [1.29, 1.82) is 0 Å². The van der Waals surface area contributed by atoms with E-state index in [0.717, 1.165) is 18.1 Å². The Balaban J connectivity index is 1.71. The largest absolute Gasteiger partial charge is 0.456 e. The van der Waals surface area contributed by atoms with Gasteiger partial charge in [-0.2, -0.15) is 16.8 Å². The van der Waals surface area contributed by atoms with Gasteiger partial charge < -0.3 is 18.9 Å². The van der Waals surface area contributed by atoms with E-state index in [-0.39, 0.29) is 15.4 Å². The predicted molar refractivity (Wildman–Crippen MR) is 154 cm³/mol. The molecular formula is C30H32O12S2. The summed E-state index contributed by atoms with van der Waals surface area (Å²) in [4.78, 5) is 25.1. The molecule has 3 aromatic rings. The van der Waals surface area contributed by atoms with Crippen molar-refractivity contribution in [3.8, 4) is 0 Å². The average Bonchev–Trinajstić information content (AvgIpc) is 2.98. The lowest BCUT2D eigenvalue weighted by molar-refractivity contribution is -0.288. The molecule has 236 valence electrons. The van der Waals surface area contributed by atoms with E-state index < -0.39 is 69.5 Å². The van der Waals surface area contributed by atoms with Crippen LogP contribution < -0.4 is 0 Å². The highest BCUT2D eigenvalue weighted by molar-refractivity contribution is 7.87. The van der Waals surface area contributed by atoms with Crippen LogP contribution in [0.15, 0.2) is 88.7 Å². The number of aryl methyl sites for hydroxylation is 2. The first-order valence-electron chi connectivity index (χ1n) is 13.4. The molecule has 4 rings (SSSR count). The third-order valence-corrected chi connectivity index (χ3v) is 9.24. The van der Waals surface area contributed by atoms with Gasteiger partial charge in [-0.1, -0.05) is 53.6 Å². The third kappa shape index (κ3) is 8.08. The van der Waals surface area contributed by atoms with Gasteiger partial charge in [-0.05, 0) is 50.2 Å². The van der Waals surface area contributed by atoms with Crippen LogP contribution in [0.25, 0.3) is 0 Å². The Labute approximate surface area is 256 Å². The molecule has 1 heterocycles. The number of esters is 2. The first-order chi connectivity index (χ1) is 20.8. The topological polar surface area (TPSA) is 158 Å². The predicted octanol–water partition coefficient (Wildman–Crippen LogP) is 3.31. The van der Waals surface area contributed by atoms with E-state index in [1.54, 1.807) is 56.3 Å². The van der Waals surface area contributed by atoms with Crippen molar-refractivity contribution in [2.45, 2.75) is 61.3 Å². The number of carbonyl (C=O) groups excluding carboxylic acids is 2. The molecule has 0 aromatic heterocycles. The third-order valence-electron chi connectivity index (χ3n) is 6.62. The van der Waals surface area contributed by atoms with Gasteiger partial charge in [0.15, 0.2) is 24.6 Å². The molecule has 0 aliphatic carbocycles. The quantitative estimate of drug-likeness (QED) is 0.221. The molecule has 0 unspecified atom stereocenters. The van der Waals surface area contributed by atoms with Gasteiger partial charge >= 0.3 is 11.9 Å². The minimum Gasteiger partial charge on any atom is -0.456 e. The van der Waals surface area contributed by atoms with Crippen molar-refractivity contribution in [1.82, 2.24) is 0 Å².